The summed E-state index contributed by atoms with van der Waals surface area (Å²) in [6.07, 6.45) is 1.27. The molecular weight excluding hydrogens is 318 g/mol. The van der Waals surface area contributed by atoms with Crippen LogP contribution in [0.4, 0.5) is 22.7 Å². The van der Waals surface area contributed by atoms with Crippen LogP contribution in [0.25, 0.3) is 0 Å². The van der Waals surface area contributed by atoms with Gasteiger partial charge in [0, 0.05) is 22.3 Å². The van der Waals surface area contributed by atoms with Gasteiger partial charge >= 0.3 is 0 Å². The smallest absolute Gasteiger partial charge is 0.224 e. The maximum absolute atomic E-state index is 11.4. The minimum Gasteiger partial charge on any atom is -0.397 e. The summed E-state index contributed by atoms with van der Waals surface area (Å²) in [6, 6.07) is 11.7. The van der Waals surface area contributed by atoms with Crippen molar-refractivity contribution in [2.45, 2.75) is 12.8 Å². The van der Waals surface area contributed by atoms with E-state index in [1.165, 1.54) is 0 Å². The molecule has 4 nitrogen and oxygen atoms in total. The molecule has 2 aromatic carbocycles. The zero-order chi connectivity index (χ0) is 14.1. The van der Waals surface area contributed by atoms with Gasteiger partial charge in [0.25, 0.3) is 0 Å². The highest BCUT2D eigenvalue weighted by Crippen LogP contribution is 2.33. The summed E-state index contributed by atoms with van der Waals surface area (Å²) in [4.78, 5) is 11.4. The van der Waals surface area contributed by atoms with Gasteiger partial charge in [0.1, 0.15) is 0 Å². The highest BCUT2D eigenvalue weighted by molar-refractivity contribution is 9.10. The molecule has 0 spiro atoms. The molecule has 0 saturated carbocycles. The van der Waals surface area contributed by atoms with Gasteiger partial charge in [-0.3, -0.25) is 4.79 Å². The van der Waals surface area contributed by atoms with Gasteiger partial charge in [-0.15, -0.1) is 0 Å². The number of rotatable bonds is 2. The summed E-state index contributed by atoms with van der Waals surface area (Å²) in [5, 5.41) is 6.15. The van der Waals surface area contributed by atoms with Gasteiger partial charge in [0.05, 0.1) is 11.4 Å². The number of aryl methyl sites for hydroxylation is 1. The summed E-state index contributed by atoms with van der Waals surface area (Å²) < 4.78 is 1.01. The van der Waals surface area contributed by atoms with Crippen molar-refractivity contribution < 1.29 is 4.79 Å². The Labute approximate surface area is 125 Å². The number of hydrogen-bond acceptors (Lipinski definition) is 3. The molecule has 5 heteroatoms. The maximum Gasteiger partial charge on any atom is 0.224 e. The lowest BCUT2D eigenvalue weighted by atomic mass is 10.0. The maximum atomic E-state index is 11.4. The van der Waals surface area contributed by atoms with Crippen molar-refractivity contribution in [3.63, 3.8) is 0 Å². The van der Waals surface area contributed by atoms with Gasteiger partial charge < -0.3 is 16.4 Å². The van der Waals surface area contributed by atoms with Gasteiger partial charge in [0.2, 0.25) is 5.91 Å². The second-order valence-electron chi connectivity index (χ2n) is 4.78. The molecule has 0 aliphatic carbocycles. The molecule has 0 unspecified atom stereocenters. The highest BCUT2D eigenvalue weighted by atomic mass is 79.9. The van der Waals surface area contributed by atoms with E-state index in [0.29, 0.717) is 12.1 Å². The van der Waals surface area contributed by atoms with Gasteiger partial charge in [0.15, 0.2) is 0 Å². The van der Waals surface area contributed by atoms with Crippen LogP contribution in [0.3, 0.4) is 0 Å². The van der Waals surface area contributed by atoms with E-state index in [1.54, 1.807) is 0 Å². The van der Waals surface area contributed by atoms with Gasteiger partial charge in [-0.1, -0.05) is 22.0 Å². The zero-order valence-corrected chi connectivity index (χ0v) is 12.3. The first-order valence-electron chi connectivity index (χ1n) is 6.36. The minimum absolute atomic E-state index is 0.0459. The van der Waals surface area contributed by atoms with Crippen molar-refractivity contribution in [1.82, 2.24) is 0 Å². The normalized spacial score (nSPS) is 13.6. The fourth-order valence-electron chi connectivity index (χ4n) is 2.28. The average Bonchev–Trinajstić information content (AvgIpc) is 2.40. The molecule has 0 bridgehead atoms. The van der Waals surface area contributed by atoms with E-state index >= 15 is 0 Å². The van der Waals surface area contributed by atoms with Crippen molar-refractivity contribution in [2.75, 3.05) is 16.4 Å². The molecule has 1 amide bonds. The fraction of sp³-hybridized carbons (Fsp3) is 0.133. The number of hydrogen-bond donors (Lipinski definition) is 3. The lowest BCUT2D eigenvalue weighted by molar-refractivity contribution is -0.116. The van der Waals surface area contributed by atoms with Gasteiger partial charge in [-0.2, -0.15) is 0 Å². The lowest BCUT2D eigenvalue weighted by Crippen LogP contribution is -2.19. The van der Waals surface area contributed by atoms with Crippen molar-refractivity contribution in [3.8, 4) is 0 Å². The number of carbonyl (C=O) groups is 1. The second kappa shape index (κ2) is 5.17. The Morgan fingerprint density at radius 1 is 1.20 bits per heavy atom. The van der Waals surface area contributed by atoms with Crippen LogP contribution in [0, 0.1) is 0 Å². The Bertz CT molecular complexity index is 685. The first-order chi connectivity index (χ1) is 9.61. The molecule has 1 aliphatic rings. The van der Waals surface area contributed by atoms with E-state index in [2.05, 4.69) is 26.6 Å². The fourth-order valence-corrected chi connectivity index (χ4v) is 2.67. The van der Waals surface area contributed by atoms with E-state index < -0.39 is 0 Å². The Kier molecular flexibility index (Phi) is 3.36. The molecule has 2 aromatic rings. The van der Waals surface area contributed by atoms with E-state index in [-0.39, 0.29) is 5.91 Å². The summed E-state index contributed by atoms with van der Waals surface area (Å²) in [5.41, 5.74) is 10.4. The van der Waals surface area contributed by atoms with Crippen molar-refractivity contribution in [1.29, 1.82) is 0 Å². The summed E-state index contributed by atoms with van der Waals surface area (Å²) >= 11 is 3.44. The van der Waals surface area contributed by atoms with Crippen LogP contribution in [-0.4, -0.2) is 5.91 Å². The number of nitrogen functional groups attached to an aromatic ring is 1. The molecule has 0 fully saturated rings. The average molecular weight is 332 g/mol. The number of fused-ring (bicyclic) bond motifs is 1. The predicted molar refractivity (Wildman–Crippen MR) is 85.2 cm³/mol. The molecule has 20 heavy (non-hydrogen) atoms. The van der Waals surface area contributed by atoms with Gasteiger partial charge in [-0.05, 0) is 42.3 Å². The third-order valence-electron chi connectivity index (χ3n) is 3.27. The zero-order valence-electron chi connectivity index (χ0n) is 10.7. The largest absolute Gasteiger partial charge is 0.397 e. The molecule has 0 radical (unpaired) electrons. The monoisotopic (exact) mass is 331 g/mol. The van der Waals surface area contributed by atoms with Crippen LogP contribution >= 0.6 is 15.9 Å². The molecule has 0 aromatic heterocycles. The number of halogens is 1. The van der Waals surface area contributed by atoms with Crippen LogP contribution in [0.2, 0.25) is 0 Å². The summed E-state index contributed by atoms with van der Waals surface area (Å²) in [5.74, 6) is 0.0459. The molecule has 4 N–H and O–H groups in total. The third kappa shape index (κ3) is 2.63. The van der Waals surface area contributed by atoms with Crippen LogP contribution in [0.15, 0.2) is 40.9 Å². The van der Waals surface area contributed by atoms with E-state index in [9.17, 15) is 4.79 Å². The van der Waals surface area contributed by atoms with Crippen molar-refractivity contribution in [3.05, 3.63) is 46.4 Å². The number of nitrogens with one attached hydrogen (secondary N) is 2. The molecule has 0 saturated heterocycles. The van der Waals surface area contributed by atoms with Crippen molar-refractivity contribution in [2.24, 2.45) is 0 Å². The van der Waals surface area contributed by atoms with Crippen LogP contribution in [-0.2, 0) is 11.2 Å². The first-order valence-corrected chi connectivity index (χ1v) is 7.16. The molecule has 102 valence electrons. The number of nitrogens with two attached hydrogens (primary N) is 1. The molecule has 0 atom stereocenters. The Balaban J connectivity index is 1.92. The Morgan fingerprint density at radius 2 is 2.05 bits per heavy atom. The van der Waals surface area contributed by atoms with Crippen molar-refractivity contribution >= 4 is 44.6 Å². The molecular formula is C15H14BrN3O. The number of amides is 1. The Morgan fingerprint density at radius 3 is 2.85 bits per heavy atom. The summed E-state index contributed by atoms with van der Waals surface area (Å²) in [6.45, 7) is 0. The van der Waals surface area contributed by atoms with E-state index in [0.717, 1.165) is 33.5 Å². The highest BCUT2D eigenvalue weighted by Gasteiger charge is 2.16. The quantitative estimate of drug-likeness (QED) is 0.735. The van der Waals surface area contributed by atoms with E-state index in [4.69, 9.17) is 5.73 Å². The third-order valence-corrected chi connectivity index (χ3v) is 3.77. The molecule has 1 heterocycles. The number of carbonyl (C=O) groups excluding carboxylic acids is 1. The molecule has 3 rings (SSSR count). The second-order valence-corrected chi connectivity index (χ2v) is 5.70. The van der Waals surface area contributed by atoms with Gasteiger partial charge in [-0.25, -0.2) is 0 Å². The van der Waals surface area contributed by atoms with E-state index in [1.807, 2.05) is 36.4 Å². The SMILES string of the molecule is Nc1cc2c(cc1Nc1cccc(Br)c1)CCC(=O)N2. The van der Waals surface area contributed by atoms with Crippen LogP contribution in [0.1, 0.15) is 12.0 Å². The Hall–Kier alpha value is -2.01. The lowest BCUT2D eigenvalue weighted by Gasteiger charge is -2.20. The number of benzene rings is 2. The van der Waals surface area contributed by atoms with Crippen LogP contribution in [0.5, 0.6) is 0 Å². The summed E-state index contributed by atoms with van der Waals surface area (Å²) in [7, 11) is 0. The predicted octanol–water partition coefficient (Wildman–Crippen LogP) is 3.66. The van der Waals surface area contributed by atoms with Crippen LogP contribution < -0.4 is 16.4 Å². The first kappa shape index (κ1) is 13.0. The minimum atomic E-state index is 0.0459. The standard InChI is InChI=1S/C15H14BrN3O/c16-10-2-1-3-11(7-10)18-14-6-9-4-5-15(20)19-13(9)8-12(14)17/h1-3,6-8,18H,4-5,17H2,(H,19,20). The molecule has 1 aliphatic heterocycles. The number of anilines is 4. The topological polar surface area (TPSA) is 67.1 Å².